The molecular weight excluding hydrogens is 310 g/mol. The molecule has 6 nitrogen and oxygen atoms in total. The summed E-state index contributed by atoms with van der Waals surface area (Å²) >= 11 is 1.68. The van der Waals surface area contributed by atoms with E-state index in [1.165, 1.54) is 0 Å². The molecule has 1 unspecified atom stereocenters. The van der Waals surface area contributed by atoms with Crippen molar-refractivity contribution < 1.29 is 4.74 Å². The molecule has 0 bridgehead atoms. The summed E-state index contributed by atoms with van der Waals surface area (Å²) in [5, 5.41) is 12.1. The Morgan fingerprint density at radius 3 is 2.83 bits per heavy atom. The Balaban J connectivity index is 1.88. The number of hydrogen-bond donors (Lipinski definition) is 0. The largest absolute Gasteiger partial charge is 0.372 e. The number of thiazole rings is 1. The standard InChI is InChI=1S/C16H25N5OS/c1-6-20-13(9-14-17-11(2)10-23-14)18-19-15(20)21-7-8-22-16(4,5)12(21)3/h10,12H,6-9H2,1-5H3. The Morgan fingerprint density at radius 1 is 1.39 bits per heavy atom. The first-order chi connectivity index (χ1) is 10.9. The van der Waals surface area contributed by atoms with Crippen molar-refractivity contribution >= 4 is 17.3 Å². The van der Waals surface area contributed by atoms with E-state index in [1.807, 2.05) is 6.92 Å². The molecule has 0 aliphatic carbocycles. The monoisotopic (exact) mass is 335 g/mol. The van der Waals surface area contributed by atoms with Crippen LogP contribution in [0.25, 0.3) is 0 Å². The van der Waals surface area contributed by atoms with E-state index in [-0.39, 0.29) is 11.6 Å². The number of morpholine rings is 1. The van der Waals surface area contributed by atoms with Crippen LogP contribution in [0.5, 0.6) is 0 Å². The molecule has 3 heterocycles. The smallest absolute Gasteiger partial charge is 0.227 e. The van der Waals surface area contributed by atoms with Crippen LogP contribution in [0, 0.1) is 6.92 Å². The molecule has 7 heteroatoms. The van der Waals surface area contributed by atoms with Crippen LogP contribution in [0.1, 0.15) is 44.2 Å². The van der Waals surface area contributed by atoms with E-state index < -0.39 is 0 Å². The molecule has 3 rings (SSSR count). The lowest BCUT2D eigenvalue weighted by atomic mass is 9.97. The Morgan fingerprint density at radius 2 is 2.17 bits per heavy atom. The SMILES string of the molecule is CCn1c(Cc2nc(C)cs2)nnc1N1CCOC(C)(C)C1C. The molecule has 23 heavy (non-hydrogen) atoms. The van der Waals surface area contributed by atoms with Crippen molar-refractivity contribution in [2.24, 2.45) is 0 Å². The highest BCUT2D eigenvalue weighted by Gasteiger charge is 2.37. The maximum atomic E-state index is 5.90. The normalized spacial score (nSPS) is 20.9. The number of hydrogen-bond acceptors (Lipinski definition) is 6. The Hall–Kier alpha value is -1.47. The molecule has 2 aromatic heterocycles. The molecule has 1 fully saturated rings. The predicted molar refractivity (Wildman–Crippen MR) is 92.2 cm³/mol. The average Bonchev–Trinajstić information content (AvgIpc) is 3.08. The highest BCUT2D eigenvalue weighted by molar-refractivity contribution is 7.09. The zero-order valence-corrected chi connectivity index (χ0v) is 15.4. The highest BCUT2D eigenvalue weighted by Crippen LogP contribution is 2.29. The van der Waals surface area contributed by atoms with E-state index in [1.54, 1.807) is 11.3 Å². The van der Waals surface area contributed by atoms with Gasteiger partial charge in [-0.15, -0.1) is 21.5 Å². The molecule has 126 valence electrons. The molecular formula is C16H25N5OS. The van der Waals surface area contributed by atoms with E-state index >= 15 is 0 Å². The second-order valence-corrected chi connectivity index (χ2v) is 7.48. The lowest BCUT2D eigenvalue weighted by molar-refractivity contribution is -0.0536. The lowest BCUT2D eigenvalue weighted by Crippen LogP contribution is -2.56. The molecule has 1 saturated heterocycles. The summed E-state index contributed by atoms with van der Waals surface area (Å²) in [6.45, 7) is 13.0. The first kappa shape index (κ1) is 16.4. The van der Waals surface area contributed by atoms with Gasteiger partial charge in [-0.05, 0) is 34.6 Å². The maximum Gasteiger partial charge on any atom is 0.227 e. The van der Waals surface area contributed by atoms with Crippen LogP contribution in [0.3, 0.4) is 0 Å². The quantitative estimate of drug-likeness (QED) is 0.860. The number of nitrogens with zero attached hydrogens (tertiary/aromatic N) is 5. The van der Waals surface area contributed by atoms with Gasteiger partial charge in [0.25, 0.3) is 0 Å². The Labute approximate surface area is 141 Å². The third-order valence-corrected chi connectivity index (χ3v) is 5.60. The number of aromatic nitrogens is 4. The summed E-state index contributed by atoms with van der Waals surface area (Å²) in [5.74, 6) is 1.92. The second kappa shape index (κ2) is 6.20. The van der Waals surface area contributed by atoms with Gasteiger partial charge in [0.2, 0.25) is 5.95 Å². The lowest BCUT2D eigenvalue weighted by Gasteiger charge is -2.44. The third-order valence-electron chi connectivity index (χ3n) is 4.64. The van der Waals surface area contributed by atoms with Crippen molar-refractivity contribution in [2.75, 3.05) is 18.1 Å². The topological polar surface area (TPSA) is 56.1 Å². The molecule has 0 aromatic carbocycles. The molecule has 0 N–H and O–H groups in total. The average molecular weight is 335 g/mol. The van der Waals surface area contributed by atoms with Gasteiger partial charge in [0.15, 0.2) is 0 Å². The van der Waals surface area contributed by atoms with Crippen molar-refractivity contribution in [1.82, 2.24) is 19.7 Å². The number of anilines is 1. The van der Waals surface area contributed by atoms with Crippen LogP contribution in [-0.2, 0) is 17.7 Å². The van der Waals surface area contributed by atoms with Gasteiger partial charge in [0.05, 0.1) is 24.7 Å². The Bertz CT molecular complexity index is 678. The number of ether oxygens (including phenoxy) is 1. The molecule has 1 aliphatic heterocycles. The summed E-state index contributed by atoms with van der Waals surface area (Å²) in [4.78, 5) is 6.86. The van der Waals surface area contributed by atoms with Crippen LogP contribution in [0.4, 0.5) is 5.95 Å². The van der Waals surface area contributed by atoms with Gasteiger partial charge in [-0.2, -0.15) is 0 Å². The minimum atomic E-state index is -0.185. The summed E-state index contributed by atoms with van der Waals surface area (Å²) in [7, 11) is 0. The fraction of sp³-hybridized carbons (Fsp3) is 0.688. The van der Waals surface area contributed by atoms with Gasteiger partial charge in [-0.1, -0.05) is 0 Å². The molecule has 2 aromatic rings. The second-order valence-electron chi connectivity index (χ2n) is 6.54. The predicted octanol–water partition coefficient (Wildman–Crippen LogP) is 2.66. The van der Waals surface area contributed by atoms with Crippen molar-refractivity contribution in [2.45, 2.75) is 59.2 Å². The third kappa shape index (κ3) is 3.12. The van der Waals surface area contributed by atoms with Gasteiger partial charge in [0.1, 0.15) is 10.8 Å². The summed E-state index contributed by atoms with van der Waals surface area (Å²) in [6.07, 6.45) is 0.738. The van der Waals surface area contributed by atoms with E-state index in [9.17, 15) is 0 Å². The van der Waals surface area contributed by atoms with E-state index in [2.05, 4.69) is 57.7 Å². The van der Waals surface area contributed by atoms with Crippen molar-refractivity contribution in [3.8, 4) is 0 Å². The minimum absolute atomic E-state index is 0.185. The Kier molecular flexibility index (Phi) is 4.42. The van der Waals surface area contributed by atoms with Crippen molar-refractivity contribution in [3.05, 3.63) is 21.9 Å². The number of rotatable bonds is 4. The van der Waals surface area contributed by atoms with E-state index in [4.69, 9.17) is 4.74 Å². The molecule has 1 aliphatic rings. The molecule has 0 amide bonds. The van der Waals surface area contributed by atoms with E-state index in [0.29, 0.717) is 0 Å². The van der Waals surface area contributed by atoms with Gasteiger partial charge in [-0.3, -0.25) is 4.57 Å². The van der Waals surface area contributed by atoms with Gasteiger partial charge >= 0.3 is 0 Å². The fourth-order valence-corrected chi connectivity index (χ4v) is 3.75. The van der Waals surface area contributed by atoms with Crippen molar-refractivity contribution in [1.29, 1.82) is 0 Å². The first-order valence-electron chi connectivity index (χ1n) is 8.16. The number of aryl methyl sites for hydroxylation is 1. The highest BCUT2D eigenvalue weighted by atomic mass is 32.1. The summed E-state index contributed by atoms with van der Waals surface area (Å²) in [5.41, 5.74) is 0.881. The zero-order valence-electron chi connectivity index (χ0n) is 14.5. The molecule has 0 saturated carbocycles. The van der Waals surface area contributed by atoms with Crippen LogP contribution in [-0.4, -0.2) is 44.5 Å². The zero-order chi connectivity index (χ0) is 16.6. The summed E-state index contributed by atoms with van der Waals surface area (Å²) in [6, 6.07) is 0.251. The van der Waals surface area contributed by atoms with E-state index in [0.717, 1.165) is 48.6 Å². The molecule has 0 spiro atoms. The molecule has 0 radical (unpaired) electrons. The van der Waals surface area contributed by atoms with Crippen LogP contribution in [0.15, 0.2) is 5.38 Å². The maximum absolute atomic E-state index is 5.90. The summed E-state index contributed by atoms with van der Waals surface area (Å²) < 4.78 is 8.10. The fourth-order valence-electron chi connectivity index (χ4n) is 2.98. The molecule has 1 atom stereocenters. The van der Waals surface area contributed by atoms with Gasteiger partial charge in [-0.25, -0.2) is 4.98 Å². The van der Waals surface area contributed by atoms with Gasteiger partial charge < -0.3 is 9.64 Å². The van der Waals surface area contributed by atoms with Crippen LogP contribution >= 0.6 is 11.3 Å². The minimum Gasteiger partial charge on any atom is -0.372 e. The van der Waals surface area contributed by atoms with Crippen LogP contribution < -0.4 is 4.90 Å². The van der Waals surface area contributed by atoms with Crippen molar-refractivity contribution in [3.63, 3.8) is 0 Å². The van der Waals surface area contributed by atoms with Crippen LogP contribution in [0.2, 0.25) is 0 Å². The first-order valence-corrected chi connectivity index (χ1v) is 9.04. The van der Waals surface area contributed by atoms with Gasteiger partial charge in [0, 0.05) is 24.2 Å².